The third-order valence-corrected chi connectivity index (χ3v) is 8.05. The number of hydrogen-bond acceptors (Lipinski definition) is 8. The van der Waals surface area contributed by atoms with Gasteiger partial charge in [-0.3, -0.25) is 4.57 Å². The molecule has 0 saturated carbocycles. The van der Waals surface area contributed by atoms with Crippen LogP contribution in [0.4, 0.5) is 0 Å². The van der Waals surface area contributed by atoms with Gasteiger partial charge in [0.05, 0.1) is 11.0 Å². The number of pyridine rings is 2. The van der Waals surface area contributed by atoms with Gasteiger partial charge >= 0.3 is 0 Å². The van der Waals surface area contributed by atoms with Gasteiger partial charge in [-0.1, -0.05) is 38.1 Å². The highest BCUT2D eigenvalue weighted by Gasteiger charge is 2.17. The average Bonchev–Trinajstić information content (AvgIpc) is 3.45. The number of ether oxygens (including phenoxy) is 4. The lowest BCUT2D eigenvalue weighted by Crippen LogP contribution is -2.03. The van der Waals surface area contributed by atoms with Crippen LogP contribution >= 0.6 is 0 Å². The largest absolute Gasteiger partial charge is 0.457 e. The van der Waals surface area contributed by atoms with E-state index in [1.165, 1.54) is 0 Å². The van der Waals surface area contributed by atoms with Crippen molar-refractivity contribution in [1.29, 1.82) is 0 Å². The first-order chi connectivity index (χ1) is 25.0. The Bertz CT molecular complexity index is 2290. The summed E-state index contributed by atoms with van der Waals surface area (Å²) in [5.74, 6) is 5.87. The van der Waals surface area contributed by atoms with E-state index in [9.17, 15) is 0 Å². The second kappa shape index (κ2) is 14.0. The molecule has 0 fully saturated rings. The molecule has 8 rings (SSSR count). The normalized spacial score (nSPS) is 11.2. The van der Waals surface area contributed by atoms with Crippen LogP contribution in [-0.2, 0) is 6.42 Å². The fourth-order valence-corrected chi connectivity index (χ4v) is 5.89. The van der Waals surface area contributed by atoms with Crippen LogP contribution in [0.25, 0.3) is 27.8 Å². The predicted octanol–water partition coefficient (Wildman–Crippen LogP) is 10.7. The molecule has 8 aromatic rings. The highest BCUT2D eigenvalue weighted by Crippen LogP contribution is 2.38. The Labute approximate surface area is 294 Å². The summed E-state index contributed by atoms with van der Waals surface area (Å²) in [6.07, 6.45) is 8.09. The van der Waals surface area contributed by atoms with Crippen molar-refractivity contribution in [3.05, 3.63) is 152 Å². The van der Waals surface area contributed by atoms with Crippen molar-refractivity contribution < 1.29 is 18.9 Å². The standard InChI is InChI=1S/C42H33N5O4/c1-28(2)21-29-26-45-42(46-27-29)47-38-24-34(48-30-9-7-11-32(22-30)50-40-13-3-5-19-43-40)15-17-36(38)37-18-16-35(25-39(37)47)49-31-10-8-12-33(23-31)51-41-14-4-6-20-44-41/h3-20,22-28H,21H2,1-2H3. The van der Waals surface area contributed by atoms with Gasteiger partial charge in [-0.25, -0.2) is 19.9 Å². The Morgan fingerprint density at radius 3 is 1.41 bits per heavy atom. The highest BCUT2D eigenvalue weighted by molar-refractivity contribution is 6.09. The van der Waals surface area contributed by atoms with Gasteiger partial charge in [0.15, 0.2) is 0 Å². The lowest BCUT2D eigenvalue weighted by molar-refractivity contribution is 0.448. The molecule has 0 saturated heterocycles. The van der Waals surface area contributed by atoms with E-state index in [2.05, 4.69) is 35.9 Å². The summed E-state index contributed by atoms with van der Waals surface area (Å²) in [5, 5.41) is 2.05. The molecule has 0 aliphatic heterocycles. The van der Waals surface area contributed by atoms with Crippen molar-refractivity contribution in [2.75, 3.05) is 0 Å². The maximum absolute atomic E-state index is 6.38. The number of hydrogen-bond donors (Lipinski definition) is 0. The summed E-state index contributed by atoms with van der Waals surface area (Å²) in [4.78, 5) is 18.2. The molecule has 51 heavy (non-hydrogen) atoms. The quantitative estimate of drug-likeness (QED) is 0.134. The maximum atomic E-state index is 6.38. The minimum Gasteiger partial charge on any atom is -0.457 e. The van der Waals surface area contributed by atoms with E-state index in [0.717, 1.165) is 33.8 Å². The first kappa shape index (κ1) is 31.5. The summed E-state index contributed by atoms with van der Waals surface area (Å²) in [6.45, 7) is 4.37. The van der Waals surface area contributed by atoms with Crippen molar-refractivity contribution >= 4 is 21.8 Å². The number of rotatable bonds is 11. The Balaban J connectivity index is 1.15. The lowest BCUT2D eigenvalue weighted by Gasteiger charge is -2.11. The molecule has 0 radical (unpaired) electrons. The molecule has 250 valence electrons. The Morgan fingerprint density at radius 1 is 0.490 bits per heavy atom. The number of nitrogens with zero attached hydrogens (tertiary/aromatic N) is 5. The van der Waals surface area contributed by atoms with Gasteiger partial charge in [-0.2, -0.15) is 0 Å². The Morgan fingerprint density at radius 2 is 0.961 bits per heavy atom. The van der Waals surface area contributed by atoms with Crippen molar-refractivity contribution in [2.45, 2.75) is 20.3 Å². The SMILES string of the molecule is CC(C)Cc1cnc(-n2c3cc(Oc4cccc(Oc5ccccn5)c4)ccc3c3ccc(Oc4cccc(Oc5ccccn5)c4)cc32)nc1. The van der Waals surface area contributed by atoms with Crippen LogP contribution in [0.1, 0.15) is 19.4 Å². The molecule has 4 heterocycles. The van der Waals surface area contributed by atoms with Crippen LogP contribution in [0, 0.1) is 5.92 Å². The van der Waals surface area contributed by atoms with Gasteiger partial charge < -0.3 is 18.9 Å². The monoisotopic (exact) mass is 671 g/mol. The molecule has 0 aliphatic rings. The summed E-state index contributed by atoms with van der Waals surface area (Å²) < 4.78 is 26.7. The van der Waals surface area contributed by atoms with Gasteiger partial charge in [0.1, 0.15) is 34.5 Å². The summed E-state index contributed by atoms with van der Waals surface area (Å²) in [5.41, 5.74) is 2.87. The highest BCUT2D eigenvalue weighted by atomic mass is 16.5. The first-order valence-corrected chi connectivity index (χ1v) is 16.7. The lowest BCUT2D eigenvalue weighted by atomic mass is 10.1. The van der Waals surface area contributed by atoms with Crippen molar-refractivity contribution in [3.63, 3.8) is 0 Å². The van der Waals surface area contributed by atoms with E-state index < -0.39 is 0 Å². The van der Waals surface area contributed by atoms with Gasteiger partial charge in [-0.05, 0) is 78.6 Å². The molecule has 4 aromatic heterocycles. The van der Waals surface area contributed by atoms with Crippen molar-refractivity contribution in [1.82, 2.24) is 24.5 Å². The molecule has 0 amide bonds. The second-order valence-corrected chi connectivity index (χ2v) is 12.4. The molecular formula is C42H33N5O4. The molecule has 0 spiro atoms. The number of fused-ring (bicyclic) bond motifs is 3. The van der Waals surface area contributed by atoms with Crippen molar-refractivity contribution in [2.24, 2.45) is 5.92 Å². The molecule has 4 aromatic carbocycles. The minimum atomic E-state index is 0.493. The molecule has 0 aliphatic carbocycles. The van der Waals surface area contributed by atoms with Crippen LogP contribution in [0.3, 0.4) is 0 Å². The van der Waals surface area contributed by atoms with E-state index in [1.807, 2.05) is 126 Å². The fraction of sp³-hybridized carbons (Fsp3) is 0.0952. The predicted molar refractivity (Wildman–Crippen MR) is 197 cm³/mol. The molecule has 0 bridgehead atoms. The zero-order valence-electron chi connectivity index (χ0n) is 28.0. The van der Waals surface area contributed by atoms with E-state index in [-0.39, 0.29) is 0 Å². The molecule has 0 N–H and O–H groups in total. The van der Waals surface area contributed by atoms with E-state index in [4.69, 9.17) is 28.9 Å². The minimum absolute atomic E-state index is 0.493. The van der Waals surface area contributed by atoms with Crippen LogP contribution in [-0.4, -0.2) is 24.5 Å². The van der Waals surface area contributed by atoms with Crippen LogP contribution < -0.4 is 18.9 Å². The molecule has 9 heteroatoms. The fourth-order valence-electron chi connectivity index (χ4n) is 5.89. The molecule has 9 nitrogen and oxygen atoms in total. The molecule has 0 atom stereocenters. The van der Waals surface area contributed by atoms with Gasteiger partial charge in [0, 0.05) is 72.0 Å². The van der Waals surface area contributed by atoms with E-state index >= 15 is 0 Å². The average molecular weight is 672 g/mol. The van der Waals surface area contributed by atoms with Crippen LogP contribution in [0.15, 0.2) is 146 Å². The zero-order valence-corrected chi connectivity index (χ0v) is 28.0. The zero-order chi connectivity index (χ0) is 34.6. The third kappa shape index (κ3) is 7.18. The van der Waals surface area contributed by atoms with E-state index in [0.29, 0.717) is 58.1 Å². The molecular weight excluding hydrogens is 638 g/mol. The third-order valence-electron chi connectivity index (χ3n) is 8.05. The summed E-state index contributed by atoms with van der Waals surface area (Å²) in [7, 11) is 0. The van der Waals surface area contributed by atoms with E-state index in [1.54, 1.807) is 12.4 Å². The first-order valence-electron chi connectivity index (χ1n) is 16.7. The van der Waals surface area contributed by atoms with Gasteiger partial charge in [-0.15, -0.1) is 0 Å². The van der Waals surface area contributed by atoms with Gasteiger partial charge in [0.2, 0.25) is 17.7 Å². The number of aromatic nitrogens is 5. The summed E-state index contributed by atoms with van der Waals surface area (Å²) in [6, 6.07) is 38.1. The smallest absolute Gasteiger partial charge is 0.234 e. The second-order valence-electron chi connectivity index (χ2n) is 12.4. The topological polar surface area (TPSA) is 93.4 Å². The summed E-state index contributed by atoms with van der Waals surface area (Å²) >= 11 is 0. The maximum Gasteiger partial charge on any atom is 0.234 e. The van der Waals surface area contributed by atoms with Gasteiger partial charge in [0.25, 0.3) is 0 Å². The number of benzene rings is 4. The Hall–Kier alpha value is -6.74. The van der Waals surface area contributed by atoms with Crippen LogP contribution in [0.5, 0.6) is 46.3 Å². The van der Waals surface area contributed by atoms with Crippen molar-refractivity contribution in [3.8, 4) is 52.2 Å². The Kier molecular flexibility index (Phi) is 8.66. The molecule has 0 unspecified atom stereocenters. The van der Waals surface area contributed by atoms with Crippen LogP contribution in [0.2, 0.25) is 0 Å².